The molecule has 1 heterocycles. The van der Waals surface area contributed by atoms with Crippen LogP contribution in [-0.4, -0.2) is 64.6 Å². The Labute approximate surface area is 257 Å². The SMILES string of the molecule is CCC(=O)NCCNC(=O)[C@@H](N)CCN(C(=O)CO)[C@@H](c1cc(-c2cc(F)ccc2F)cn1Cc1ccccc1)C(C)(C)C. The fraction of sp³-hybridized carbons (Fsp3) is 0.424. The molecule has 11 heteroatoms. The summed E-state index contributed by atoms with van der Waals surface area (Å²) in [5, 5.41) is 15.3. The molecule has 5 N–H and O–H groups in total. The minimum absolute atomic E-state index is 0.0443. The predicted octanol–water partition coefficient (Wildman–Crippen LogP) is 3.75. The van der Waals surface area contributed by atoms with Gasteiger partial charge in [0.05, 0.1) is 12.1 Å². The van der Waals surface area contributed by atoms with Crippen molar-refractivity contribution in [1.29, 1.82) is 0 Å². The van der Waals surface area contributed by atoms with E-state index in [1.54, 1.807) is 19.2 Å². The molecule has 0 aliphatic rings. The molecule has 0 fully saturated rings. The standard InChI is InChI=1S/C33H43F2N5O4/c1-5-29(42)37-14-15-38-32(44)27(36)13-16-40(30(43)21-41)31(33(2,3)4)28-17-23(25-18-24(34)11-12-26(25)35)20-39(28)19-22-9-7-6-8-10-22/h6-12,17-18,20,27,31,41H,5,13-16,19,21,36H2,1-4H3,(H,37,42)(H,38,44)/t27-,31-/m0/s1. The lowest BCUT2D eigenvalue weighted by Crippen LogP contribution is -2.48. The molecular weight excluding hydrogens is 568 g/mol. The second-order valence-corrected chi connectivity index (χ2v) is 11.8. The Morgan fingerprint density at radius 1 is 1.02 bits per heavy atom. The van der Waals surface area contributed by atoms with Gasteiger partial charge in [0.2, 0.25) is 17.7 Å². The van der Waals surface area contributed by atoms with Gasteiger partial charge in [-0.3, -0.25) is 14.4 Å². The summed E-state index contributed by atoms with van der Waals surface area (Å²) in [6.45, 7) is 7.68. The molecule has 3 amide bonds. The van der Waals surface area contributed by atoms with Crippen molar-refractivity contribution in [1.82, 2.24) is 20.1 Å². The molecular formula is C33H43F2N5O4. The van der Waals surface area contributed by atoms with E-state index in [2.05, 4.69) is 10.6 Å². The number of nitrogens with one attached hydrogen (secondary N) is 2. The Hall–Kier alpha value is -4.09. The summed E-state index contributed by atoms with van der Waals surface area (Å²) in [5.41, 5.74) is 7.70. The zero-order chi connectivity index (χ0) is 32.4. The van der Waals surface area contributed by atoms with Crippen LogP contribution >= 0.6 is 0 Å². The van der Waals surface area contributed by atoms with Crippen LogP contribution in [0.3, 0.4) is 0 Å². The lowest BCUT2D eigenvalue weighted by Gasteiger charge is -2.41. The Morgan fingerprint density at radius 3 is 2.34 bits per heavy atom. The smallest absolute Gasteiger partial charge is 0.248 e. The molecule has 3 aromatic rings. The summed E-state index contributed by atoms with van der Waals surface area (Å²) in [5.74, 6) is -2.29. The molecule has 0 unspecified atom stereocenters. The number of aliphatic hydroxyl groups excluding tert-OH is 1. The zero-order valence-electron chi connectivity index (χ0n) is 25.8. The molecule has 0 spiro atoms. The van der Waals surface area contributed by atoms with Gasteiger partial charge in [0.15, 0.2) is 0 Å². The first kappa shape index (κ1) is 34.4. The fourth-order valence-corrected chi connectivity index (χ4v) is 5.15. The summed E-state index contributed by atoms with van der Waals surface area (Å²) in [4.78, 5) is 38.8. The largest absolute Gasteiger partial charge is 0.387 e. The third-order valence-corrected chi connectivity index (χ3v) is 7.32. The summed E-state index contributed by atoms with van der Waals surface area (Å²) in [6.07, 6.45) is 2.16. The van der Waals surface area contributed by atoms with E-state index in [0.717, 1.165) is 23.8 Å². The van der Waals surface area contributed by atoms with Gasteiger partial charge >= 0.3 is 0 Å². The first-order chi connectivity index (χ1) is 20.8. The molecule has 44 heavy (non-hydrogen) atoms. The van der Waals surface area contributed by atoms with Crippen molar-refractivity contribution in [2.75, 3.05) is 26.2 Å². The van der Waals surface area contributed by atoms with Gasteiger partial charge in [0.25, 0.3) is 0 Å². The Balaban J connectivity index is 1.97. The van der Waals surface area contributed by atoms with Gasteiger partial charge in [-0.15, -0.1) is 0 Å². The van der Waals surface area contributed by atoms with Crippen LogP contribution in [-0.2, 0) is 20.9 Å². The van der Waals surface area contributed by atoms with E-state index in [9.17, 15) is 28.3 Å². The molecule has 238 valence electrons. The van der Waals surface area contributed by atoms with Crippen molar-refractivity contribution in [2.45, 2.75) is 59.2 Å². The van der Waals surface area contributed by atoms with Crippen LogP contribution in [0.1, 0.15) is 57.8 Å². The van der Waals surface area contributed by atoms with Gasteiger partial charge in [-0.2, -0.15) is 0 Å². The van der Waals surface area contributed by atoms with E-state index in [1.807, 2.05) is 55.7 Å². The lowest BCUT2D eigenvalue weighted by molar-refractivity contribution is -0.140. The highest BCUT2D eigenvalue weighted by Gasteiger charge is 2.37. The Morgan fingerprint density at radius 2 is 1.70 bits per heavy atom. The number of hydrogen-bond donors (Lipinski definition) is 4. The molecule has 0 saturated heterocycles. The maximum atomic E-state index is 14.9. The maximum absolute atomic E-state index is 14.9. The highest BCUT2D eigenvalue weighted by Crippen LogP contribution is 2.41. The van der Waals surface area contributed by atoms with Crippen LogP contribution in [0.4, 0.5) is 8.78 Å². The second kappa shape index (κ2) is 15.6. The number of hydrogen-bond acceptors (Lipinski definition) is 5. The number of halogens is 2. The van der Waals surface area contributed by atoms with Gasteiger partial charge in [-0.25, -0.2) is 8.78 Å². The van der Waals surface area contributed by atoms with Crippen LogP contribution in [0.2, 0.25) is 0 Å². The van der Waals surface area contributed by atoms with E-state index in [1.165, 1.54) is 4.90 Å². The molecule has 2 aromatic carbocycles. The highest BCUT2D eigenvalue weighted by molar-refractivity contribution is 5.82. The number of carbonyl (C=O) groups is 3. The van der Waals surface area contributed by atoms with Gasteiger partial charge < -0.3 is 30.9 Å². The molecule has 0 aliphatic heterocycles. The minimum Gasteiger partial charge on any atom is -0.387 e. The van der Waals surface area contributed by atoms with Gasteiger partial charge in [-0.1, -0.05) is 58.0 Å². The number of nitrogens with two attached hydrogens (primary N) is 1. The van der Waals surface area contributed by atoms with Crippen LogP contribution in [0.15, 0.2) is 60.8 Å². The third kappa shape index (κ3) is 9.20. The average molecular weight is 612 g/mol. The number of aromatic nitrogens is 1. The number of aliphatic hydroxyl groups is 1. The van der Waals surface area contributed by atoms with Crippen LogP contribution in [0.5, 0.6) is 0 Å². The van der Waals surface area contributed by atoms with Crippen LogP contribution in [0, 0.1) is 17.0 Å². The molecule has 0 bridgehead atoms. The summed E-state index contributed by atoms with van der Waals surface area (Å²) >= 11 is 0. The third-order valence-electron chi connectivity index (χ3n) is 7.32. The van der Waals surface area contributed by atoms with Gasteiger partial charge in [0.1, 0.15) is 18.2 Å². The quantitative estimate of drug-likeness (QED) is 0.207. The highest BCUT2D eigenvalue weighted by atomic mass is 19.1. The topological polar surface area (TPSA) is 130 Å². The van der Waals surface area contributed by atoms with E-state index in [4.69, 9.17) is 5.73 Å². The van der Waals surface area contributed by atoms with Crippen molar-refractivity contribution >= 4 is 17.7 Å². The number of amides is 3. The number of nitrogens with zero attached hydrogens (tertiary/aromatic N) is 2. The van der Waals surface area contributed by atoms with E-state index in [0.29, 0.717) is 24.2 Å². The van der Waals surface area contributed by atoms with Crippen molar-refractivity contribution in [3.63, 3.8) is 0 Å². The molecule has 0 radical (unpaired) electrons. The van der Waals surface area contributed by atoms with Crippen molar-refractivity contribution in [3.8, 4) is 11.1 Å². The minimum atomic E-state index is -0.959. The second-order valence-electron chi connectivity index (χ2n) is 11.8. The predicted molar refractivity (Wildman–Crippen MR) is 165 cm³/mol. The number of benzene rings is 2. The molecule has 9 nitrogen and oxygen atoms in total. The molecule has 0 aliphatic carbocycles. The van der Waals surface area contributed by atoms with Crippen LogP contribution in [0.25, 0.3) is 11.1 Å². The van der Waals surface area contributed by atoms with Crippen molar-refractivity contribution in [2.24, 2.45) is 11.1 Å². The Bertz CT molecular complexity index is 1420. The van der Waals surface area contributed by atoms with Gasteiger partial charge in [0, 0.05) is 55.6 Å². The number of rotatable bonds is 14. The molecule has 3 rings (SSSR count). The zero-order valence-corrected chi connectivity index (χ0v) is 25.8. The first-order valence-corrected chi connectivity index (χ1v) is 14.7. The fourth-order valence-electron chi connectivity index (χ4n) is 5.15. The van der Waals surface area contributed by atoms with Crippen molar-refractivity contribution in [3.05, 3.63) is 83.7 Å². The van der Waals surface area contributed by atoms with Gasteiger partial charge in [-0.05, 0) is 41.7 Å². The normalized spacial score (nSPS) is 12.8. The first-order valence-electron chi connectivity index (χ1n) is 14.7. The van der Waals surface area contributed by atoms with Crippen molar-refractivity contribution < 1.29 is 28.3 Å². The van der Waals surface area contributed by atoms with E-state index >= 15 is 0 Å². The summed E-state index contributed by atoms with van der Waals surface area (Å²) < 4.78 is 31.0. The summed E-state index contributed by atoms with van der Waals surface area (Å²) in [7, 11) is 0. The molecule has 0 saturated carbocycles. The monoisotopic (exact) mass is 611 g/mol. The average Bonchev–Trinajstić information content (AvgIpc) is 3.39. The lowest BCUT2D eigenvalue weighted by atomic mass is 9.82. The Kier molecular flexibility index (Phi) is 12.2. The summed E-state index contributed by atoms with van der Waals surface area (Å²) in [6, 6.07) is 13.0. The maximum Gasteiger partial charge on any atom is 0.248 e. The number of carbonyl (C=O) groups excluding carboxylic acids is 3. The molecule has 2 atom stereocenters. The van der Waals surface area contributed by atoms with E-state index in [-0.39, 0.29) is 37.5 Å². The molecule has 1 aromatic heterocycles. The van der Waals surface area contributed by atoms with Crippen LogP contribution < -0.4 is 16.4 Å². The van der Waals surface area contributed by atoms with E-state index < -0.39 is 47.6 Å².